The van der Waals surface area contributed by atoms with Crippen LogP contribution in [0, 0.1) is 22.7 Å². The molecule has 1 aromatic heterocycles. The van der Waals surface area contributed by atoms with E-state index in [4.69, 9.17) is 9.25 Å². The van der Waals surface area contributed by atoms with Gasteiger partial charge < -0.3 is 14.4 Å². The third kappa shape index (κ3) is 3.07. The Labute approximate surface area is 190 Å². The summed E-state index contributed by atoms with van der Waals surface area (Å²) in [5, 5.41) is 16.6. The van der Waals surface area contributed by atoms with E-state index in [-0.39, 0.29) is 22.4 Å². The first kappa shape index (κ1) is 21.7. The number of oxime groups is 1. The van der Waals surface area contributed by atoms with Crippen LogP contribution >= 0.6 is 0 Å². The van der Waals surface area contributed by atoms with E-state index >= 15 is 0 Å². The van der Waals surface area contributed by atoms with Crippen molar-refractivity contribution in [3.8, 4) is 0 Å². The predicted octanol–water partition coefficient (Wildman–Crippen LogP) is 5.36. The van der Waals surface area contributed by atoms with Crippen molar-refractivity contribution in [3.05, 3.63) is 58.7 Å². The van der Waals surface area contributed by atoms with Crippen LogP contribution in [-0.4, -0.2) is 23.0 Å². The second-order valence-corrected chi connectivity index (χ2v) is 10.9. The fourth-order valence-electron chi connectivity index (χ4n) is 7.89. The van der Waals surface area contributed by atoms with E-state index in [9.17, 15) is 9.90 Å². The molecule has 32 heavy (non-hydrogen) atoms. The van der Waals surface area contributed by atoms with E-state index in [2.05, 4.69) is 31.7 Å². The summed E-state index contributed by atoms with van der Waals surface area (Å²) in [6, 6.07) is 3.42. The number of nitrogens with zero attached hydrogens (tertiary/aromatic N) is 1. The summed E-state index contributed by atoms with van der Waals surface area (Å²) >= 11 is 0. The van der Waals surface area contributed by atoms with Crippen molar-refractivity contribution < 1.29 is 14.4 Å². The lowest BCUT2D eigenvalue weighted by Gasteiger charge is -2.61. The van der Waals surface area contributed by atoms with Crippen LogP contribution in [0.5, 0.6) is 0 Å². The molecule has 0 bridgehead atoms. The average molecular weight is 438 g/mol. The number of rotatable bonds is 4. The lowest BCUT2D eigenvalue weighted by molar-refractivity contribution is -0.176. The maximum atomic E-state index is 12.3. The smallest absolute Gasteiger partial charge is 0.335 e. The van der Waals surface area contributed by atoms with Gasteiger partial charge in [0, 0.05) is 11.5 Å². The Kier molecular flexibility index (Phi) is 5.23. The molecule has 6 atom stereocenters. The molecule has 2 unspecified atom stereocenters. The quantitative estimate of drug-likeness (QED) is 0.391. The van der Waals surface area contributed by atoms with Gasteiger partial charge in [-0.1, -0.05) is 37.2 Å². The van der Waals surface area contributed by atoms with E-state index in [1.165, 1.54) is 11.6 Å². The van der Waals surface area contributed by atoms with Crippen LogP contribution in [-0.2, 0) is 4.84 Å². The number of hydrogen-bond acceptors (Lipinski definition) is 5. The van der Waals surface area contributed by atoms with E-state index in [1.807, 2.05) is 6.07 Å². The molecule has 5 heteroatoms. The zero-order valence-electron chi connectivity index (χ0n) is 19.3. The summed E-state index contributed by atoms with van der Waals surface area (Å²) in [6.07, 6.45) is 13.5. The summed E-state index contributed by atoms with van der Waals surface area (Å²) in [7, 11) is 0. The first-order valence-corrected chi connectivity index (χ1v) is 12.1. The molecule has 0 amide bonds. The Bertz CT molecular complexity index is 1000. The van der Waals surface area contributed by atoms with Gasteiger partial charge in [0.15, 0.2) is 0 Å². The molecule has 172 valence electrons. The van der Waals surface area contributed by atoms with Crippen LogP contribution in [0.15, 0.2) is 57.1 Å². The molecule has 0 saturated heterocycles. The first-order valence-electron chi connectivity index (χ1n) is 12.1. The maximum absolute atomic E-state index is 12.3. The molecule has 0 radical (unpaired) electrons. The molecular weight excluding hydrogens is 402 g/mol. The Morgan fingerprint density at radius 3 is 2.78 bits per heavy atom. The van der Waals surface area contributed by atoms with Crippen LogP contribution in [0.4, 0.5) is 0 Å². The molecule has 3 saturated carbocycles. The molecule has 0 spiro atoms. The molecule has 0 aromatic carbocycles. The fraction of sp³-hybridized carbons (Fsp3) is 0.630. The minimum absolute atomic E-state index is 0.120. The van der Waals surface area contributed by atoms with Gasteiger partial charge in [-0.25, -0.2) is 4.79 Å². The monoisotopic (exact) mass is 437 g/mol. The highest BCUT2D eigenvalue weighted by Gasteiger charge is 2.66. The molecule has 1 aromatic rings. The molecule has 1 N–H and O–H groups in total. The second kappa shape index (κ2) is 7.72. The molecule has 5 nitrogen and oxygen atoms in total. The van der Waals surface area contributed by atoms with Gasteiger partial charge in [0.05, 0.1) is 17.6 Å². The number of allylic oxidation sites excluding steroid dienone is 2. The average Bonchev–Trinajstić information content (AvgIpc) is 3.06. The summed E-state index contributed by atoms with van der Waals surface area (Å²) < 4.78 is 5.20. The Morgan fingerprint density at radius 2 is 2.03 bits per heavy atom. The normalized spacial score (nSPS) is 41.9. The highest BCUT2D eigenvalue weighted by molar-refractivity contribution is 5.96. The Hall–Kier alpha value is -2.14. The molecule has 0 aliphatic heterocycles. The van der Waals surface area contributed by atoms with Gasteiger partial charge >= 0.3 is 5.63 Å². The molecule has 4 aliphatic carbocycles. The van der Waals surface area contributed by atoms with Gasteiger partial charge in [-0.3, -0.25) is 0 Å². The van der Waals surface area contributed by atoms with E-state index in [0.717, 1.165) is 62.6 Å². The molecule has 4 aliphatic rings. The van der Waals surface area contributed by atoms with Crippen LogP contribution in [0.25, 0.3) is 0 Å². The minimum Gasteiger partial charge on any atom is -0.431 e. The van der Waals surface area contributed by atoms with Gasteiger partial charge in [0.25, 0.3) is 0 Å². The lowest BCUT2D eigenvalue weighted by Crippen LogP contribution is -2.60. The van der Waals surface area contributed by atoms with Gasteiger partial charge in [0.2, 0.25) is 0 Å². The van der Waals surface area contributed by atoms with Crippen molar-refractivity contribution in [1.29, 1.82) is 0 Å². The van der Waals surface area contributed by atoms with Crippen molar-refractivity contribution in [2.75, 3.05) is 6.61 Å². The van der Waals surface area contributed by atoms with E-state index < -0.39 is 5.60 Å². The van der Waals surface area contributed by atoms with Crippen molar-refractivity contribution in [1.82, 2.24) is 0 Å². The van der Waals surface area contributed by atoms with Crippen LogP contribution in [0.3, 0.4) is 0 Å². The third-order valence-corrected chi connectivity index (χ3v) is 9.66. The van der Waals surface area contributed by atoms with Crippen molar-refractivity contribution in [2.45, 2.75) is 76.7 Å². The van der Waals surface area contributed by atoms with Crippen LogP contribution in [0.1, 0.15) is 76.7 Å². The largest absolute Gasteiger partial charge is 0.431 e. The SMILES string of the molecule is C=CCO/N=C1/C=C2CCC3C(CC[C@]4(C)[C@@H](c5ccc(=O)oc5)CC[C@]34O)[C@@]2(C)CC1. The standard InChI is InChI=1S/C27H35NO4/c1-4-15-32-28-20-9-12-25(2)19(16-20)6-7-23-22(25)10-13-26(3)21(11-14-27(23,26)30)18-5-8-24(29)31-17-18/h4-5,8,16-17,21-23,30H,1,6-7,9-15H2,2-3H3/b28-20+/t21-,22?,23?,25+,26-,27+/m1/s1. The van der Waals surface area contributed by atoms with Gasteiger partial charge in [0.1, 0.15) is 6.61 Å². The number of aliphatic hydroxyl groups is 1. The fourth-order valence-corrected chi connectivity index (χ4v) is 7.89. The van der Waals surface area contributed by atoms with Gasteiger partial charge in [-0.2, -0.15) is 0 Å². The summed E-state index contributed by atoms with van der Waals surface area (Å²) in [6.45, 7) is 8.81. The summed E-state index contributed by atoms with van der Waals surface area (Å²) in [4.78, 5) is 16.8. The van der Waals surface area contributed by atoms with E-state index in [1.54, 1.807) is 12.3 Å². The first-order chi connectivity index (χ1) is 15.3. The molecular formula is C27H35NO4. The lowest BCUT2D eigenvalue weighted by atomic mass is 9.45. The third-order valence-electron chi connectivity index (χ3n) is 9.66. The predicted molar refractivity (Wildman–Crippen MR) is 124 cm³/mol. The maximum Gasteiger partial charge on any atom is 0.335 e. The van der Waals surface area contributed by atoms with E-state index in [0.29, 0.717) is 18.4 Å². The van der Waals surface area contributed by atoms with Crippen LogP contribution in [0.2, 0.25) is 0 Å². The van der Waals surface area contributed by atoms with Crippen molar-refractivity contribution >= 4 is 5.71 Å². The molecule has 3 fully saturated rings. The number of hydrogen-bond donors (Lipinski definition) is 1. The minimum atomic E-state index is -0.674. The van der Waals surface area contributed by atoms with Crippen molar-refractivity contribution in [2.24, 2.45) is 27.8 Å². The highest BCUT2D eigenvalue weighted by atomic mass is 16.6. The topological polar surface area (TPSA) is 72.0 Å². The summed E-state index contributed by atoms with van der Waals surface area (Å²) in [5.41, 5.74) is 2.52. The Balaban J connectivity index is 1.43. The second-order valence-electron chi connectivity index (χ2n) is 10.9. The number of fused-ring (bicyclic) bond motifs is 5. The van der Waals surface area contributed by atoms with Gasteiger partial charge in [-0.05, 0) is 92.2 Å². The molecule has 1 heterocycles. The molecule has 5 rings (SSSR count). The highest BCUT2D eigenvalue weighted by Crippen LogP contribution is 2.69. The zero-order valence-corrected chi connectivity index (χ0v) is 19.3. The summed E-state index contributed by atoms with van der Waals surface area (Å²) in [5.74, 6) is 1.03. The zero-order chi connectivity index (χ0) is 22.6. The van der Waals surface area contributed by atoms with Gasteiger partial charge in [-0.15, -0.1) is 0 Å². The van der Waals surface area contributed by atoms with Crippen molar-refractivity contribution in [3.63, 3.8) is 0 Å². The Morgan fingerprint density at radius 1 is 1.19 bits per heavy atom. The van der Waals surface area contributed by atoms with Crippen LogP contribution < -0.4 is 5.63 Å².